The van der Waals surface area contributed by atoms with Crippen LogP contribution in [0.4, 0.5) is 5.82 Å². The molecule has 0 radical (unpaired) electrons. The van der Waals surface area contributed by atoms with Crippen molar-refractivity contribution < 1.29 is 0 Å². The molecule has 1 fully saturated rings. The molecule has 1 saturated heterocycles. The third-order valence-electron chi connectivity index (χ3n) is 3.46. The third-order valence-corrected chi connectivity index (χ3v) is 4.42. The van der Waals surface area contributed by atoms with Crippen molar-refractivity contribution in [2.24, 2.45) is 5.92 Å². The van der Waals surface area contributed by atoms with Gasteiger partial charge in [-0.3, -0.25) is 0 Å². The van der Waals surface area contributed by atoms with Gasteiger partial charge in [0, 0.05) is 11.4 Å². The second-order valence-corrected chi connectivity index (χ2v) is 6.11. The van der Waals surface area contributed by atoms with Crippen LogP contribution in [0.3, 0.4) is 0 Å². The summed E-state index contributed by atoms with van der Waals surface area (Å²) in [5.74, 6) is 1.80. The zero-order valence-corrected chi connectivity index (χ0v) is 11.4. The maximum absolute atomic E-state index is 4.35. The van der Waals surface area contributed by atoms with Gasteiger partial charge in [0.15, 0.2) is 0 Å². The van der Waals surface area contributed by atoms with Crippen molar-refractivity contribution >= 4 is 27.4 Å². The van der Waals surface area contributed by atoms with E-state index in [1.807, 2.05) is 0 Å². The minimum atomic E-state index is 0.819. The third kappa shape index (κ3) is 2.47. The van der Waals surface area contributed by atoms with Crippen LogP contribution in [0.25, 0.3) is 10.2 Å². The summed E-state index contributed by atoms with van der Waals surface area (Å²) in [6.45, 7) is 5.44. The highest BCUT2D eigenvalue weighted by Gasteiger charge is 2.14. The minimum absolute atomic E-state index is 0.819. The van der Waals surface area contributed by atoms with Gasteiger partial charge < -0.3 is 10.6 Å². The fraction of sp³-hybridized carbons (Fsp3) is 0.538. The second-order valence-electron chi connectivity index (χ2n) is 4.87. The molecule has 3 rings (SSSR count). The standard InChI is InChI=1S/C13H18N4S/c1-9-6-11-12(16-8-17-13(11)18-9)15-5-3-10-2-4-14-7-10/h6,8,10,14H,2-5,7H2,1H3,(H,15,16,17). The van der Waals surface area contributed by atoms with E-state index in [4.69, 9.17) is 0 Å². The van der Waals surface area contributed by atoms with Gasteiger partial charge in [-0.1, -0.05) is 0 Å². The molecule has 0 spiro atoms. The lowest BCUT2D eigenvalue weighted by Crippen LogP contribution is -2.13. The molecule has 2 N–H and O–H groups in total. The zero-order chi connectivity index (χ0) is 12.4. The van der Waals surface area contributed by atoms with Crippen LogP contribution in [0, 0.1) is 12.8 Å². The van der Waals surface area contributed by atoms with Crippen LogP contribution >= 0.6 is 11.3 Å². The molecule has 2 aromatic heterocycles. The number of thiophene rings is 1. The van der Waals surface area contributed by atoms with Gasteiger partial charge in [0.25, 0.3) is 0 Å². The number of aryl methyl sites for hydroxylation is 1. The first-order valence-corrected chi connectivity index (χ1v) is 7.30. The van der Waals surface area contributed by atoms with E-state index in [0.29, 0.717) is 0 Å². The van der Waals surface area contributed by atoms with Crippen molar-refractivity contribution in [3.63, 3.8) is 0 Å². The highest BCUT2D eigenvalue weighted by Crippen LogP contribution is 2.27. The van der Waals surface area contributed by atoms with E-state index in [2.05, 4.69) is 33.6 Å². The number of nitrogens with zero attached hydrogens (tertiary/aromatic N) is 2. The zero-order valence-electron chi connectivity index (χ0n) is 10.6. The maximum atomic E-state index is 4.35. The molecular formula is C13H18N4S. The Hall–Kier alpha value is -1.20. The van der Waals surface area contributed by atoms with Gasteiger partial charge >= 0.3 is 0 Å². The molecule has 1 aliphatic heterocycles. The van der Waals surface area contributed by atoms with Crippen LogP contribution in [-0.2, 0) is 0 Å². The molecule has 0 bridgehead atoms. The van der Waals surface area contributed by atoms with Crippen molar-refractivity contribution in [2.75, 3.05) is 25.0 Å². The van der Waals surface area contributed by atoms with E-state index >= 15 is 0 Å². The van der Waals surface area contributed by atoms with Crippen LogP contribution < -0.4 is 10.6 Å². The quantitative estimate of drug-likeness (QED) is 0.888. The Balaban J connectivity index is 1.66. The van der Waals surface area contributed by atoms with E-state index in [0.717, 1.165) is 28.5 Å². The molecule has 96 valence electrons. The Kier molecular flexibility index (Phi) is 3.43. The van der Waals surface area contributed by atoms with Crippen LogP contribution in [0.1, 0.15) is 17.7 Å². The Morgan fingerprint density at radius 1 is 1.50 bits per heavy atom. The lowest BCUT2D eigenvalue weighted by atomic mass is 10.1. The molecule has 0 amide bonds. The first kappa shape index (κ1) is 11.9. The topological polar surface area (TPSA) is 49.8 Å². The lowest BCUT2D eigenvalue weighted by Gasteiger charge is -2.10. The van der Waals surface area contributed by atoms with Crippen LogP contribution in [0.2, 0.25) is 0 Å². The van der Waals surface area contributed by atoms with Crippen LogP contribution in [0.15, 0.2) is 12.4 Å². The van der Waals surface area contributed by atoms with Gasteiger partial charge in [-0.25, -0.2) is 9.97 Å². The van der Waals surface area contributed by atoms with Crippen LogP contribution in [0.5, 0.6) is 0 Å². The number of aromatic nitrogens is 2. The fourth-order valence-corrected chi connectivity index (χ4v) is 3.32. The van der Waals surface area contributed by atoms with E-state index in [9.17, 15) is 0 Å². The molecule has 3 heterocycles. The molecular weight excluding hydrogens is 244 g/mol. The predicted octanol–water partition coefficient (Wildman–Crippen LogP) is 2.41. The summed E-state index contributed by atoms with van der Waals surface area (Å²) in [5, 5.41) is 8.01. The molecule has 1 atom stereocenters. The summed E-state index contributed by atoms with van der Waals surface area (Å²) in [6.07, 6.45) is 4.16. The number of nitrogens with one attached hydrogen (secondary N) is 2. The second kappa shape index (κ2) is 5.20. The Morgan fingerprint density at radius 3 is 3.28 bits per heavy atom. The summed E-state index contributed by atoms with van der Waals surface area (Å²) < 4.78 is 0. The summed E-state index contributed by atoms with van der Waals surface area (Å²) in [4.78, 5) is 11.0. The van der Waals surface area contributed by atoms with E-state index < -0.39 is 0 Å². The Labute approximate surface area is 111 Å². The lowest BCUT2D eigenvalue weighted by molar-refractivity contribution is 0.549. The summed E-state index contributed by atoms with van der Waals surface area (Å²) >= 11 is 1.72. The van der Waals surface area contributed by atoms with Crippen LogP contribution in [-0.4, -0.2) is 29.6 Å². The molecule has 0 saturated carbocycles. The number of rotatable bonds is 4. The molecule has 0 aromatic carbocycles. The molecule has 2 aromatic rings. The number of hydrogen-bond donors (Lipinski definition) is 2. The summed E-state index contributed by atoms with van der Waals surface area (Å²) in [7, 11) is 0. The summed E-state index contributed by atoms with van der Waals surface area (Å²) in [5.41, 5.74) is 0. The normalized spacial score (nSPS) is 19.5. The van der Waals surface area contributed by atoms with Crippen molar-refractivity contribution in [3.8, 4) is 0 Å². The van der Waals surface area contributed by atoms with E-state index in [1.165, 1.54) is 30.8 Å². The van der Waals surface area contributed by atoms with Gasteiger partial charge in [0.1, 0.15) is 17.0 Å². The highest BCUT2D eigenvalue weighted by molar-refractivity contribution is 7.18. The number of anilines is 1. The smallest absolute Gasteiger partial charge is 0.138 e. The molecule has 1 unspecified atom stereocenters. The molecule has 4 nitrogen and oxygen atoms in total. The average Bonchev–Trinajstić information content (AvgIpc) is 2.97. The SMILES string of the molecule is Cc1cc2c(NCCC3CCNC3)ncnc2s1. The fourth-order valence-electron chi connectivity index (χ4n) is 2.47. The van der Waals surface area contributed by atoms with Gasteiger partial charge in [-0.2, -0.15) is 0 Å². The largest absolute Gasteiger partial charge is 0.369 e. The first-order valence-electron chi connectivity index (χ1n) is 6.48. The molecule has 5 heteroatoms. The monoisotopic (exact) mass is 262 g/mol. The van der Waals surface area contributed by atoms with Gasteiger partial charge in [-0.15, -0.1) is 11.3 Å². The first-order chi connectivity index (χ1) is 8.83. The average molecular weight is 262 g/mol. The van der Waals surface area contributed by atoms with Gasteiger partial charge in [-0.05, 0) is 44.8 Å². The predicted molar refractivity (Wildman–Crippen MR) is 76.2 cm³/mol. The molecule has 0 aliphatic carbocycles. The van der Waals surface area contributed by atoms with Crippen molar-refractivity contribution in [2.45, 2.75) is 19.8 Å². The van der Waals surface area contributed by atoms with Crippen molar-refractivity contribution in [1.29, 1.82) is 0 Å². The molecule has 18 heavy (non-hydrogen) atoms. The Bertz CT molecular complexity index is 531. The van der Waals surface area contributed by atoms with E-state index in [-0.39, 0.29) is 0 Å². The number of hydrogen-bond acceptors (Lipinski definition) is 5. The van der Waals surface area contributed by atoms with Gasteiger partial charge in [0.05, 0.1) is 5.39 Å². The Morgan fingerprint density at radius 2 is 2.44 bits per heavy atom. The van der Waals surface area contributed by atoms with Gasteiger partial charge in [0.2, 0.25) is 0 Å². The summed E-state index contributed by atoms with van der Waals surface area (Å²) in [6, 6.07) is 2.17. The van der Waals surface area contributed by atoms with E-state index in [1.54, 1.807) is 17.7 Å². The molecule has 1 aliphatic rings. The van der Waals surface area contributed by atoms with Crippen molar-refractivity contribution in [3.05, 3.63) is 17.3 Å². The minimum Gasteiger partial charge on any atom is -0.369 e. The highest BCUT2D eigenvalue weighted by atomic mass is 32.1. The number of fused-ring (bicyclic) bond motifs is 1. The van der Waals surface area contributed by atoms with Crippen molar-refractivity contribution in [1.82, 2.24) is 15.3 Å². The maximum Gasteiger partial charge on any atom is 0.138 e.